The number of nitro benzene ring substituents is 1. The van der Waals surface area contributed by atoms with E-state index in [1.54, 1.807) is 18.2 Å². The Morgan fingerprint density at radius 2 is 1.86 bits per heavy atom. The first-order valence-electron chi connectivity index (χ1n) is 7.91. The first-order valence-corrected chi connectivity index (χ1v) is 9.40. The van der Waals surface area contributed by atoms with Crippen LogP contribution in [0.2, 0.25) is 0 Å². The van der Waals surface area contributed by atoms with Crippen LogP contribution in [0.4, 0.5) is 5.69 Å². The van der Waals surface area contributed by atoms with Crippen molar-refractivity contribution in [2.45, 2.75) is 0 Å². The Morgan fingerprint density at radius 1 is 1.17 bits per heavy atom. The lowest BCUT2D eigenvalue weighted by molar-refractivity contribution is -0.384. The summed E-state index contributed by atoms with van der Waals surface area (Å²) in [5.41, 5.74) is 5.06. The zero-order chi connectivity index (χ0) is 21.4. The Hall–Kier alpha value is -3.00. The maximum absolute atomic E-state index is 12.1. The van der Waals surface area contributed by atoms with Gasteiger partial charge in [-0.05, 0) is 65.1 Å². The van der Waals surface area contributed by atoms with Crippen molar-refractivity contribution in [3.05, 3.63) is 61.7 Å². The number of benzene rings is 2. The summed E-state index contributed by atoms with van der Waals surface area (Å²) in [4.78, 5) is 34.0. The second-order valence-electron chi connectivity index (χ2n) is 5.35. The van der Waals surface area contributed by atoms with Gasteiger partial charge in [-0.3, -0.25) is 35.9 Å². The molecule has 0 aliphatic rings. The summed E-state index contributed by atoms with van der Waals surface area (Å²) in [6.07, 6.45) is 0. The molecule has 0 aliphatic carbocycles. The van der Waals surface area contributed by atoms with Gasteiger partial charge in [-0.2, -0.15) is 0 Å². The average Bonchev–Trinajstić information content (AvgIpc) is 2.70. The molecule has 0 unspecified atom stereocenters. The van der Waals surface area contributed by atoms with Crippen molar-refractivity contribution in [2.24, 2.45) is 0 Å². The number of nitro groups is 1. The predicted octanol–water partition coefficient (Wildman–Crippen LogP) is 1.92. The van der Waals surface area contributed by atoms with Crippen molar-refractivity contribution in [3.8, 4) is 11.5 Å². The molecule has 10 nitrogen and oxygen atoms in total. The van der Waals surface area contributed by atoms with E-state index in [1.807, 2.05) is 22.6 Å². The average molecular weight is 530 g/mol. The van der Waals surface area contributed by atoms with Crippen LogP contribution in [0.25, 0.3) is 0 Å². The van der Waals surface area contributed by atoms with E-state index >= 15 is 0 Å². The molecule has 0 bridgehead atoms. The van der Waals surface area contributed by atoms with Crippen LogP contribution in [-0.2, 0) is 4.79 Å². The van der Waals surface area contributed by atoms with Crippen molar-refractivity contribution < 1.29 is 24.0 Å². The zero-order valence-corrected chi connectivity index (χ0v) is 17.9. The number of nitrogens with one attached hydrogen (secondary N) is 3. The Kier molecular flexibility index (Phi) is 8.09. The molecule has 2 aromatic carbocycles. The van der Waals surface area contributed by atoms with E-state index in [0.29, 0.717) is 11.3 Å². The molecule has 0 spiro atoms. The van der Waals surface area contributed by atoms with Gasteiger partial charge >= 0.3 is 0 Å². The van der Waals surface area contributed by atoms with Crippen molar-refractivity contribution in [1.29, 1.82) is 0 Å². The fourth-order valence-corrected chi connectivity index (χ4v) is 2.90. The summed E-state index contributed by atoms with van der Waals surface area (Å²) in [7, 11) is 1.53. The van der Waals surface area contributed by atoms with Gasteiger partial charge in [-0.1, -0.05) is 0 Å². The number of thiocarbonyl (C=S) groups is 1. The van der Waals surface area contributed by atoms with Gasteiger partial charge in [0.15, 0.2) is 11.7 Å². The predicted molar refractivity (Wildman–Crippen MR) is 116 cm³/mol. The third kappa shape index (κ3) is 6.83. The number of hydrogen-bond acceptors (Lipinski definition) is 7. The molecule has 2 rings (SSSR count). The summed E-state index contributed by atoms with van der Waals surface area (Å²) in [5.74, 6) is -0.101. The standard InChI is InChI=1S/C17H15IN4O6S/c1-27-14-7-2-10(8-13(14)18)16(24)20-21-17(29)19-15(23)9-28-12-5-3-11(4-6-12)22(25)26/h2-8H,9H2,1H3,(H,20,24)(H2,19,21,23,29). The van der Waals surface area contributed by atoms with E-state index in [4.69, 9.17) is 21.7 Å². The SMILES string of the molecule is COc1ccc(C(=O)NNC(=S)NC(=O)COc2ccc([N+](=O)[O-])cc2)cc1I. The molecule has 0 aliphatic heterocycles. The molecule has 0 aromatic heterocycles. The van der Waals surface area contributed by atoms with E-state index in [9.17, 15) is 19.7 Å². The van der Waals surface area contributed by atoms with Crippen molar-refractivity contribution >= 4 is 57.4 Å². The van der Waals surface area contributed by atoms with Crippen LogP contribution in [0, 0.1) is 13.7 Å². The number of halogens is 1. The smallest absolute Gasteiger partial charge is 0.269 e. The summed E-state index contributed by atoms with van der Waals surface area (Å²) in [6, 6.07) is 10.1. The maximum Gasteiger partial charge on any atom is 0.269 e. The van der Waals surface area contributed by atoms with Gasteiger partial charge in [-0.25, -0.2) is 0 Å². The number of carbonyl (C=O) groups excluding carboxylic acids is 2. The number of rotatable bonds is 6. The number of non-ortho nitro benzene ring substituents is 1. The quantitative estimate of drug-likeness (QED) is 0.224. The van der Waals surface area contributed by atoms with Gasteiger partial charge < -0.3 is 9.47 Å². The molecule has 29 heavy (non-hydrogen) atoms. The summed E-state index contributed by atoms with van der Waals surface area (Å²) in [5, 5.41) is 12.8. The molecule has 0 fully saturated rings. The zero-order valence-electron chi connectivity index (χ0n) is 14.9. The number of hydrazine groups is 1. The van der Waals surface area contributed by atoms with Crippen LogP contribution >= 0.6 is 34.8 Å². The molecule has 2 amide bonds. The molecule has 0 radical (unpaired) electrons. The molecule has 152 valence electrons. The van der Waals surface area contributed by atoms with Crippen LogP contribution < -0.4 is 25.6 Å². The first-order chi connectivity index (χ1) is 13.8. The Balaban J connectivity index is 1.76. The minimum atomic E-state index is -0.575. The summed E-state index contributed by atoms with van der Waals surface area (Å²) >= 11 is 6.97. The number of carbonyl (C=O) groups is 2. The number of ether oxygens (including phenoxy) is 2. The molecular weight excluding hydrogens is 515 g/mol. The lowest BCUT2D eigenvalue weighted by Crippen LogP contribution is -2.49. The highest BCUT2D eigenvalue weighted by atomic mass is 127. The number of methoxy groups -OCH3 is 1. The third-order valence-corrected chi connectivity index (χ3v) is 4.42. The van der Waals surface area contributed by atoms with Gasteiger partial charge in [0.2, 0.25) is 0 Å². The Morgan fingerprint density at radius 3 is 2.45 bits per heavy atom. The van der Waals surface area contributed by atoms with Crippen molar-refractivity contribution in [2.75, 3.05) is 13.7 Å². The van der Waals surface area contributed by atoms with E-state index in [1.165, 1.54) is 31.4 Å². The van der Waals surface area contributed by atoms with Crippen LogP contribution in [-0.4, -0.2) is 35.6 Å². The second kappa shape index (κ2) is 10.5. The second-order valence-corrected chi connectivity index (χ2v) is 6.92. The van der Waals surface area contributed by atoms with Gasteiger partial charge in [0.1, 0.15) is 11.5 Å². The molecule has 0 saturated carbocycles. The minimum Gasteiger partial charge on any atom is -0.496 e. The van der Waals surface area contributed by atoms with Crippen LogP contribution in [0.5, 0.6) is 11.5 Å². The van der Waals surface area contributed by atoms with E-state index < -0.39 is 16.7 Å². The van der Waals surface area contributed by atoms with E-state index in [-0.39, 0.29) is 23.2 Å². The van der Waals surface area contributed by atoms with Gasteiger partial charge in [0.05, 0.1) is 15.6 Å². The first kappa shape index (κ1) is 22.3. The largest absolute Gasteiger partial charge is 0.496 e. The third-order valence-electron chi connectivity index (χ3n) is 3.37. The van der Waals surface area contributed by atoms with E-state index in [0.717, 1.165) is 3.57 Å². The normalized spacial score (nSPS) is 9.86. The monoisotopic (exact) mass is 530 g/mol. The van der Waals surface area contributed by atoms with Crippen LogP contribution in [0.1, 0.15) is 10.4 Å². The lowest BCUT2D eigenvalue weighted by atomic mass is 10.2. The molecular formula is C17H15IN4O6S. The lowest BCUT2D eigenvalue weighted by Gasteiger charge is -2.12. The van der Waals surface area contributed by atoms with Crippen LogP contribution in [0.15, 0.2) is 42.5 Å². The van der Waals surface area contributed by atoms with Gasteiger partial charge in [-0.15, -0.1) is 0 Å². The highest BCUT2D eigenvalue weighted by Gasteiger charge is 2.11. The minimum absolute atomic E-state index is 0.0885. The summed E-state index contributed by atoms with van der Waals surface area (Å²) < 4.78 is 11.1. The molecule has 0 saturated heterocycles. The highest BCUT2D eigenvalue weighted by molar-refractivity contribution is 14.1. The number of nitrogens with zero attached hydrogens (tertiary/aromatic N) is 1. The molecule has 0 atom stereocenters. The Bertz CT molecular complexity index is 938. The van der Waals surface area contributed by atoms with Crippen molar-refractivity contribution in [3.63, 3.8) is 0 Å². The van der Waals surface area contributed by atoms with Crippen molar-refractivity contribution in [1.82, 2.24) is 16.2 Å². The number of amides is 2. The van der Waals surface area contributed by atoms with Crippen LogP contribution in [0.3, 0.4) is 0 Å². The fraction of sp³-hybridized carbons (Fsp3) is 0.118. The number of hydrogen-bond donors (Lipinski definition) is 3. The maximum atomic E-state index is 12.1. The molecule has 0 heterocycles. The summed E-state index contributed by atoms with van der Waals surface area (Å²) in [6.45, 7) is -0.371. The molecule has 3 N–H and O–H groups in total. The molecule has 12 heteroatoms. The van der Waals surface area contributed by atoms with Gasteiger partial charge in [0, 0.05) is 17.7 Å². The van der Waals surface area contributed by atoms with E-state index in [2.05, 4.69) is 16.2 Å². The topological polar surface area (TPSA) is 132 Å². The molecule has 2 aromatic rings. The Labute approximate surface area is 184 Å². The van der Waals surface area contributed by atoms with Gasteiger partial charge in [0.25, 0.3) is 17.5 Å². The highest BCUT2D eigenvalue weighted by Crippen LogP contribution is 2.21. The fourth-order valence-electron chi connectivity index (χ4n) is 2.00.